The van der Waals surface area contributed by atoms with Crippen LogP contribution in [0.4, 0.5) is 0 Å². The molecule has 0 bridgehead atoms. The van der Waals surface area contributed by atoms with Crippen LogP contribution in [0.2, 0.25) is 0 Å². The summed E-state index contributed by atoms with van der Waals surface area (Å²) in [5.74, 6) is 0. The number of fused-ring (bicyclic) bond motifs is 10. The van der Waals surface area contributed by atoms with E-state index in [9.17, 15) is 0 Å². The van der Waals surface area contributed by atoms with Gasteiger partial charge in [0.1, 0.15) is 11.2 Å². The van der Waals surface area contributed by atoms with Crippen molar-refractivity contribution >= 4 is 49.4 Å². The molecule has 0 spiro atoms. The fourth-order valence-electron chi connectivity index (χ4n) is 7.92. The maximum Gasteiger partial charge on any atom is 0.129 e. The van der Waals surface area contributed by atoms with E-state index in [1.54, 1.807) is 0 Å². The maximum absolute atomic E-state index is 5.93. The van der Waals surface area contributed by atoms with Crippen LogP contribution in [0.5, 0.6) is 0 Å². The molecule has 6 heteroatoms. The van der Waals surface area contributed by atoms with Crippen LogP contribution in [-0.2, 0) is 30.9 Å². The van der Waals surface area contributed by atoms with Crippen molar-refractivity contribution in [1.29, 1.82) is 0 Å². The largest absolute Gasteiger partial charge is 0.500 e. The summed E-state index contributed by atoms with van der Waals surface area (Å²) in [7, 11) is 0. The molecule has 1 radical (unpaired) electrons. The molecule has 0 saturated carbocycles. The van der Waals surface area contributed by atoms with Gasteiger partial charge in [-0.2, -0.15) is 0 Å². The summed E-state index contributed by atoms with van der Waals surface area (Å²) >= 11 is 0. The third-order valence-corrected chi connectivity index (χ3v) is 9.99. The second kappa shape index (κ2) is 12.0. The monoisotopic (exact) mass is 827 g/mol. The fourth-order valence-corrected chi connectivity index (χ4v) is 7.92. The zero-order chi connectivity index (χ0) is 33.3. The molecule has 50 heavy (non-hydrogen) atoms. The Kier molecular flexibility index (Phi) is 7.70. The van der Waals surface area contributed by atoms with Crippen molar-refractivity contribution in [3.63, 3.8) is 0 Å². The molecule has 5 aromatic heterocycles. The van der Waals surface area contributed by atoms with Crippen LogP contribution < -0.4 is 0 Å². The number of para-hydroxylation sites is 1. The number of aromatic nitrogens is 4. The van der Waals surface area contributed by atoms with Crippen molar-refractivity contribution < 1.29 is 24.5 Å². The van der Waals surface area contributed by atoms with Crippen LogP contribution in [0.1, 0.15) is 45.2 Å². The van der Waals surface area contributed by atoms with Crippen LogP contribution in [0.15, 0.2) is 126 Å². The van der Waals surface area contributed by atoms with E-state index in [1.165, 1.54) is 11.1 Å². The first-order valence-electron chi connectivity index (χ1n) is 16.7. The number of hydrogen-bond donors (Lipinski definition) is 0. The van der Waals surface area contributed by atoms with Gasteiger partial charge in [-0.3, -0.25) is 0 Å². The molecular weight excluding hydrogens is 793 g/mol. The summed E-state index contributed by atoms with van der Waals surface area (Å²) in [5, 5.41) is 4.33. The summed E-state index contributed by atoms with van der Waals surface area (Å²) in [6.07, 6.45) is 7.13. The van der Waals surface area contributed by atoms with Gasteiger partial charge in [-0.15, -0.1) is 53.4 Å². The molecule has 5 nitrogen and oxygen atoms in total. The minimum atomic E-state index is 0. The fraction of sp³-hybridized carbons (Fsp3) is 0.159. The van der Waals surface area contributed by atoms with Gasteiger partial charge in [0, 0.05) is 60.5 Å². The molecule has 1 aliphatic carbocycles. The third-order valence-electron chi connectivity index (χ3n) is 9.99. The zero-order valence-electron chi connectivity index (χ0n) is 28.3. The molecule has 247 valence electrons. The minimum absolute atomic E-state index is 0. The van der Waals surface area contributed by atoms with E-state index in [1.807, 2.05) is 66.9 Å². The SMILES string of the molecule is CC1(C)CC(C)(C)c2cc(-c3[c-]cc4oc5ccccc5c4c3)ncc21.[Ir].[c-]1cccc2c1c1ncccc1c1nc(-c3ccccc3)cn21. The predicted octanol–water partition coefficient (Wildman–Crippen LogP) is 10.9. The van der Waals surface area contributed by atoms with E-state index in [0.717, 1.165) is 78.3 Å². The summed E-state index contributed by atoms with van der Waals surface area (Å²) in [5.41, 5.74) is 12.0. The van der Waals surface area contributed by atoms with Gasteiger partial charge in [-0.25, -0.2) is 4.98 Å². The average Bonchev–Trinajstić information content (AvgIpc) is 3.79. The first kappa shape index (κ1) is 32.1. The molecule has 0 atom stereocenters. The van der Waals surface area contributed by atoms with Gasteiger partial charge < -0.3 is 18.8 Å². The molecule has 10 rings (SSSR count). The van der Waals surface area contributed by atoms with E-state index < -0.39 is 0 Å². The van der Waals surface area contributed by atoms with Gasteiger partial charge in [0.25, 0.3) is 0 Å². The maximum atomic E-state index is 5.93. The van der Waals surface area contributed by atoms with Crippen LogP contribution >= 0.6 is 0 Å². The Morgan fingerprint density at radius 3 is 2.36 bits per heavy atom. The molecule has 0 amide bonds. The van der Waals surface area contributed by atoms with E-state index in [4.69, 9.17) is 14.4 Å². The van der Waals surface area contributed by atoms with Crippen LogP contribution in [-0.4, -0.2) is 19.4 Å². The standard InChI is InChI=1S/C24H22NO.C20H12N3.Ir/c1-23(2)14-24(3,4)19-13-25-20(12-18(19)23)15-9-10-22-17(11-15)16-7-5-6-8-21(16)26-22;1-2-7-14(8-3-1)17-13-23-18-11-5-4-9-15(18)19-16(20(23)22-17)10-6-12-21-19;/h5-8,10-13H,14H2,1-4H3;1-8,10-13H;/q2*-1;. The van der Waals surface area contributed by atoms with Crippen molar-refractivity contribution in [3.8, 4) is 22.5 Å². The summed E-state index contributed by atoms with van der Waals surface area (Å²) in [6.45, 7) is 9.30. The van der Waals surface area contributed by atoms with Gasteiger partial charge in [0.2, 0.25) is 0 Å². The molecule has 1 aliphatic rings. The molecule has 5 heterocycles. The number of furan rings is 1. The number of hydrogen-bond acceptors (Lipinski definition) is 4. The molecule has 0 saturated heterocycles. The molecule has 9 aromatic rings. The smallest absolute Gasteiger partial charge is 0.129 e. The molecule has 0 unspecified atom stereocenters. The first-order chi connectivity index (χ1) is 23.8. The van der Waals surface area contributed by atoms with Gasteiger partial charge in [-0.05, 0) is 51.7 Å². The van der Waals surface area contributed by atoms with E-state index in [-0.39, 0.29) is 30.9 Å². The van der Waals surface area contributed by atoms with Crippen molar-refractivity contribution in [2.75, 3.05) is 0 Å². The van der Waals surface area contributed by atoms with Gasteiger partial charge in [-0.1, -0.05) is 93.7 Å². The van der Waals surface area contributed by atoms with Gasteiger partial charge in [0.15, 0.2) is 0 Å². The van der Waals surface area contributed by atoms with Crippen LogP contribution in [0, 0.1) is 12.1 Å². The van der Waals surface area contributed by atoms with Crippen molar-refractivity contribution in [2.45, 2.75) is 44.9 Å². The zero-order valence-corrected chi connectivity index (χ0v) is 30.7. The molecule has 0 fully saturated rings. The molecule has 0 aliphatic heterocycles. The normalized spacial score (nSPS) is 14.5. The van der Waals surface area contributed by atoms with E-state index >= 15 is 0 Å². The van der Waals surface area contributed by atoms with Crippen LogP contribution in [0.25, 0.3) is 71.9 Å². The number of benzene rings is 4. The topological polar surface area (TPSA) is 56.2 Å². The predicted molar refractivity (Wildman–Crippen MR) is 199 cm³/mol. The Morgan fingerprint density at radius 1 is 0.720 bits per heavy atom. The average molecular weight is 827 g/mol. The Hall–Kier alpha value is -5.16. The van der Waals surface area contributed by atoms with Crippen molar-refractivity contribution in [3.05, 3.63) is 145 Å². The van der Waals surface area contributed by atoms with Gasteiger partial charge in [0.05, 0.1) is 11.3 Å². The van der Waals surface area contributed by atoms with Crippen LogP contribution in [0.3, 0.4) is 0 Å². The van der Waals surface area contributed by atoms with Crippen molar-refractivity contribution in [2.24, 2.45) is 0 Å². The third kappa shape index (κ3) is 5.22. The van der Waals surface area contributed by atoms with E-state index in [0.29, 0.717) is 0 Å². The number of nitrogens with zero attached hydrogens (tertiary/aromatic N) is 4. The minimum Gasteiger partial charge on any atom is -0.500 e. The number of pyridine rings is 3. The molecule has 0 N–H and O–H groups in total. The Bertz CT molecular complexity index is 2630. The summed E-state index contributed by atoms with van der Waals surface area (Å²) in [4.78, 5) is 14.2. The van der Waals surface area contributed by atoms with E-state index in [2.05, 4.69) is 104 Å². The second-order valence-corrected chi connectivity index (χ2v) is 14.3. The molecular formula is C44H34IrN4O-2. The Labute approximate surface area is 304 Å². The Morgan fingerprint density at radius 2 is 1.50 bits per heavy atom. The molecule has 4 aromatic carbocycles. The second-order valence-electron chi connectivity index (χ2n) is 14.3. The first-order valence-corrected chi connectivity index (χ1v) is 16.7. The van der Waals surface area contributed by atoms with Gasteiger partial charge >= 0.3 is 0 Å². The van der Waals surface area contributed by atoms with Crippen molar-refractivity contribution in [1.82, 2.24) is 19.4 Å². The quantitative estimate of drug-likeness (QED) is 0.129. The number of rotatable bonds is 2. The Balaban J connectivity index is 0.000000142. The summed E-state index contributed by atoms with van der Waals surface area (Å²) < 4.78 is 8.06. The number of imidazole rings is 1. The summed E-state index contributed by atoms with van der Waals surface area (Å²) in [6, 6.07) is 41.5.